The van der Waals surface area contributed by atoms with Crippen molar-refractivity contribution in [2.45, 2.75) is 20.0 Å². The van der Waals surface area contributed by atoms with Gasteiger partial charge in [-0.2, -0.15) is 0 Å². The van der Waals surface area contributed by atoms with Crippen LogP contribution in [-0.2, 0) is 16.1 Å². The first-order chi connectivity index (χ1) is 13.2. The van der Waals surface area contributed by atoms with Crippen LogP contribution in [0.4, 0.5) is 10.5 Å². The molecule has 0 radical (unpaired) electrons. The largest absolute Gasteiger partial charge is 0.494 e. The maximum absolute atomic E-state index is 12.3. The number of nitrogens with zero attached hydrogens (tertiary/aromatic N) is 1. The van der Waals surface area contributed by atoms with Crippen molar-refractivity contribution >= 4 is 17.7 Å². The van der Waals surface area contributed by atoms with Gasteiger partial charge in [0.25, 0.3) is 0 Å². The third kappa shape index (κ3) is 5.23. The highest BCUT2D eigenvalue weighted by Crippen LogP contribution is 2.26. The van der Waals surface area contributed by atoms with E-state index in [0.717, 1.165) is 17.0 Å². The Morgan fingerprint density at radius 2 is 1.89 bits per heavy atom. The number of benzene rings is 2. The van der Waals surface area contributed by atoms with Gasteiger partial charge in [0.1, 0.15) is 12.4 Å². The lowest BCUT2D eigenvalue weighted by Gasteiger charge is -2.17. The summed E-state index contributed by atoms with van der Waals surface area (Å²) in [6.45, 7) is 3.75. The quantitative estimate of drug-likeness (QED) is 0.814. The lowest BCUT2D eigenvalue weighted by Crippen LogP contribution is -2.31. The number of rotatable bonds is 7. The van der Waals surface area contributed by atoms with E-state index in [2.05, 4.69) is 5.32 Å². The first kappa shape index (κ1) is 18.8. The molecule has 2 amide bonds. The number of amides is 2. The molecular formula is C21H24N2O4. The predicted octanol–water partition coefficient (Wildman–Crippen LogP) is 3.36. The number of nitrogens with one attached hydrogen (secondary N) is 1. The highest BCUT2D eigenvalue weighted by Gasteiger charge is 2.30. The molecule has 142 valence electrons. The minimum Gasteiger partial charge on any atom is -0.494 e. The first-order valence-electron chi connectivity index (χ1n) is 9.13. The topological polar surface area (TPSA) is 67.9 Å². The summed E-state index contributed by atoms with van der Waals surface area (Å²) in [5, 5.41) is 2.75. The maximum Gasteiger partial charge on any atom is 0.407 e. The number of hydrogen-bond donors (Lipinski definition) is 1. The van der Waals surface area contributed by atoms with Crippen LogP contribution < -0.4 is 15.0 Å². The Morgan fingerprint density at radius 3 is 2.59 bits per heavy atom. The van der Waals surface area contributed by atoms with E-state index < -0.39 is 6.09 Å². The van der Waals surface area contributed by atoms with Crippen molar-refractivity contribution in [3.8, 4) is 5.75 Å². The normalized spacial score (nSPS) is 16.3. The zero-order chi connectivity index (χ0) is 19.1. The molecule has 1 aliphatic heterocycles. The van der Waals surface area contributed by atoms with Crippen LogP contribution in [0.5, 0.6) is 5.75 Å². The molecule has 2 aromatic rings. The fourth-order valence-corrected chi connectivity index (χ4v) is 3.06. The summed E-state index contributed by atoms with van der Waals surface area (Å²) in [5.74, 6) is 0.907. The lowest BCUT2D eigenvalue weighted by molar-refractivity contribution is -0.117. The zero-order valence-corrected chi connectivity index (χ0v) is 15.4. The molecule has 1 unspecified atom stereocenters. The fourth-order valence-electron chi connectivity index (χ4n) is 3.06. The molecule has 1 aliphatic rings. The third-order valence-electron chi connectivity index (χ3n) is 4.41. The Labute approximate surface area is 159 Å². The van der Waals surface area contributed by atoms with Gasteiger partial charge in [-0.15, -0.1) is 0 Å². The highest BCUT2D eigenvalue weighted by molar-refractivity contribution is 5.95. The molecular weight excluding hydrogens is 344 g/mol. The van der Waals surface area contributed by atoms with Crippen LogP contribution in [0.25, 0.3) is 0 Å². The fraction of sp³-hybridized carbons (Fsp3) is 0.333. The summed E-state index contributed by atoms with van der Waals surface area (Å²) in [7, 11) is 0. The van der Waals surface area contributed by atoms with Crippen molar-refractivity contribution in [2.24, 2.45) is 5.92 Å². The number of carbonyl (C=O) groups excluding carboxylic acids is 2. The van der Waals surface area contributed by atoms with E-state index in [1.54, 1.807) is 4.90 Å². The van der Waals surface area contributed by atoms with E-state index in [-0.39, 0.29) is 18.4 Å². The Bertz CT molecular complexity index is 762. The minimum absolute atomic E-state index is 0.0589. The molecule has 27 heavy (non-hydrogen) atoms. The van der Waals surface area contributed by atoms with Gasteiger partial charge < -0.3 is 19.7 Å². The van der Waals surface area contributed by atoms with Gasteiger partial charge in [0, 0.05) is 31.1 Å². The summed E-state index contributed by atoms with van der Waals surface area (Å²) in [6, 6.07) is 17.0. The second kappa shape index (κ2) is 9.07. The standard InChI is InChI=1S/C21H24N2O4/c1-2-26-19-10-8-18(9-11-19)23-14-17(12-20(23)24)13-22-21(25)27-15-16-6-4-3-5-7-16/h3-11,17H,2,12-15H2,1H3,(H,22,25). The molecule has 6 nitrogen and oxygen atoms in total. The van der Waals surface area contributed by atoms with E-state index in [1.807, 2.05) is 61.5 Å². The summed E-state index contributed by atoms with van der Waals surface area (Å²) < 4.78 is 10.6. The zero-order valence-electron chi connectivity index (χ0n) is 15.4. The third-order valence-corrected chi connectivity index (χ3v) is 4.41. The highest BCUT2D eigenvalue weighted by atomic mass is 16.5. The predicted molar refractivity (Wildman–Crippen MR) is 103 cm³/mol. The number of alkyl carbamates (subject to hydrolysis) is 1. The Morgan fingerprint density at radius 1 is 1.15 bits per heavy atom. The molecule has 0 aliphatic carbocycles. The van der Waals surface area contributed by atoms with Gasteiger partial charge >= 0.3 is 6.09 Å². The van der Waals surface area contributed by atoms with Gasteiger partial charge in [-0.1, -0.05) is 30.3 Å². The van der Waals surface area contributed by atoms with Crippen molar-refractivity contribution in [1.82, 2.24) is 5.32 Å². The van der Waals surface area contributed by atoms with Crippen molar-refractivity contribution < 1.29 is 19.1 Å². The lowest BCUT2D eigenvalue weighted by atomic mass is 10.1. The van der Waals surface area contributed by atoms with Gasteiger partial charge in [0.2, 0.25) is 5.91 Å². The minimum atomic E-state index is -0.467. The van der Waals surface area contributed by atoms with Crippen LogP contribution in [0, 0.1) is 5.92 Å². The van der Waals surface area contributed by atoms with Crippen molar-refractivity contribution in [2.75, 3.05) is 24.6 Å². The smallest absolute Gasteiger partial charge is 0.407 e. The molecule has 0 spiro atoms. The van der Waals surface area contributed by atoms with Gasteiger partial charge in [-0.25, -0.2) is 4.79 Å². The summed E-state index contributed by atoms with van der Waals surface area (Å²) in [6.07, 6.45) is -0.0579. The van der Waals surface area contributed by atoms with Gasteiger partial charge in [-0.05, 0) is 36.8 Å². The average molecular weight is 368 g/mol. The van der Waals surface area contributed by atoms with Crippen LogP contribution in [0.15, 0.2) is 54.6 Å². The van der Waals surface area contributed by atoms with Crippen molar-refractivity contribution in [1.29, 1.82) is 0 Å². The van der Waals surface area contributed by atoms with Gasteiger partial charge in [0.05, 0.1) is 6.61 Å². The molecule has 1 saturated heterocycles. The van der Waals surface area contributed by atoms with E-state index in [9.17, 15) is 9.59 Å². The molecule has 1 fully saturated rings. The van der Waals surface area contributed by atoms with Gasteiger partial charge in [-0.3, -0.25) is 4.79 Å². The number of carbonyl (C=O) groups is 2. The molecule has 3 rings (SSSR count). The van der Waals surface area contributed by atoms with Crippen molar-refractivity contribution in [3.63, 3.8) is 0 Å². The number of anilines is 1. The molecule has 0 bridgehead atoms. The second-order valence-electron chi connectivity index (χ2n) is 6.44. The molecule has 1 atom stereocenters. The van der Waals surface area contributed by atoms with E-state index in [4.69, 9.17) is 9.47 Å². The molecule has 1 N–H and O–H groups in total. The van der Waals surface area contributed by atoms with E-state index in [1.165, 1.54) is 0 Å². The Hall–Kier alpha value is -3.02. The monoisotopic (exact) mass is 368 g/mol. The summed E-state index contributed by atoms with van der Waals surface area (Å²) in [5.41, 5.74) is 1.78. The van der Waals surface area contributed by atoms with Crippen LogP contribution in [0.1, 0.15) is 18.9 Å². The number of ether oxygens (including phenoxy) is 2. The van der Waals surface area contributed by atoms with E-state index in [0.29, 0.717) is 26.1 Å². The summed E-state index contributed by atoms with van der Waals surface area (Å²) in [4.78, 5) is 25.9. The molecule has 1 heterocycles. The Kier molecular flexibility index (Phi) is 6.30. The van der Waals surface area contributed by atoms with Crippen LogP contribution in [0.2, 0.25) is 0 Å². The number of hydrogen-bond acceptors (Lipinski definition) is 4. The SMILES string of the molecule is CCOc1ccc(N2CC(CNC(=O)OCc3ccccc3)CC2=O)cc1. The molecule has 2 aromatic carbocycles. The molecule has 0 aromatic heterocycles. The molecule has 6 heteroatoms. The Balaban J connectivity index is 1.45. The van der Waals surface area contributed by atoms with Crippen LogP contribution >= 0.6 is 0 Å². The average Bonchev–Trinajstić information content (AvgIpc) is 3.07. The first-order valence-corrected chi connectivity index (χ1v) is 9.13. The van der Waals surface area contributed by atoms with E-state index >= 15 is 0 Å². The second-order valence-corrected chi connectivity index (χ2v) is 6.44. The molecule has 0 saturated carbocycles. The van der Waals surface area contributed by atoms with Crippen LogP contribution in [0.3, 0.4) is 0 Å². The maximum atomic E-state index is 12.3. The summed E-state index contributed by atoms with van der Waals surface area (Å²) >= 11 is 0. The van der Waals surface area contributed by atoms with Crippen molar-refractivity contribution in [3.05, 3.63) is 60.2 Å². The van der Waals surface area contributed by atoms with Gasteiger partial charge in [0.15, 0.2) is 0 Å². The van der Waals surface area contributed by atoms with Crippen LogP contribution in [-0.4, -0.2) is 31.7 Å².